The average molecular weight is 701 g/mol. The highest BCUT2D eigenvalue weighted by Gasteiger charge is 2.34. The molecular formula is C27H17F9N2O6S2. The lowest BCUT2D eigenvalue weighted by Gasteiger charge is -2.18. The molecule has 4 aromatic rings. The molecule has 0 amide bonds. The Morgan fingerprint density at radius 1 is 0.522 bits per heavy atom. The minimum absolute atomic E-state index is 0.226. The second kappa shape index (κ2) is 12.3. The molecule has 2 N–H and O–H groups in total. The van der Waals surface area contributed by atoms with Gasteiger partial charge in [-0.3, -0.25) is 9.44 Å². The number of alkyl halides is 9. The van der Waals surface area contributed by atoms with Crippen LogP contribution in [-0.4, -0.2) is 29.6 Å². The van der Waals surface area contributed by atoms with Crippen LogP contribution in [0.3, 0.4) is 0 Å². The topological polar surface area (TPSA) is 111 Å². The standard InChI is InChI=1S/C27H17F9N2O6S2/c28-25(29,30)22-4-2-1-3-21(22)16-5-14-23(37-45(39,40)19-10-6-17(7-11-19)43-26(31,32)33)24(15-16)38-46(41,42)20-12-8-18(9-13-20)44-27(34,35)36/h1-15,37-38H. The molecule has 19 heteroatoms. The number of ether oxygens (including phenoxy) is 2. The number of halogens is 9. The van der Waals surface area contributed by atoms with Crippen LogP contribution in [0.25, 0.3) is 11.1 Å². The van der Waals surface area contributed by atoms with Crippen molar-refractivity contribution in [1.82, 2.24) is 0 Å². The zero-order valence-electron chi connectivity index (χ0n) is 22.3. The number of anilines is 2. The van der Waals surface area contributed by atoms with Crippen molar-refractivity contribution in [2.75, 3.05) is 9.44 Å². The van der Waals surface area contributed by atoms with Crippen LogP contribution in [0.4, 0.5) is 50.9 Å². The molecule has 0 saturated carbocycles. The normalized spacial score (nSPS) is 12.8. The van der Waals surface area contributed by atoms with Crippen LogP contribution in [0, 0.1) is 0 Å². The van der Waals surface area contributed by atoms with E-state index in [1.54, 1.807) is 0 Å². The van der Waals surface area contributed by atoms with Gasteiger partial charge in [0.15, 0.2) is 0 Å². The molecule has 8 nitrogen and oxygen atoms in total. The molecule has 0 aliphatic heterocycles. The zero-order chi connectivity index (χ0) is 34.1. The Balaban J connectivity index is 1.76. The van der Waals surface area contributed by atoms with Crippen molar-refractivity contribution in [3.8, 4) is 22.6 Å². The van der Waals surface area contributed by atoms with Gasteiger partial charge in [-0.25, -0.2) is 16.8 Å². The SMILES string of the molecule is O=S(=O)(Nc1ccc(-c2ccccc2C(F)(F)F)cc1NS(=O)(=O)c1ccc(OC(F)(F)F)cc1)c1ccc(OC(F)(F)F)cc1. The maximum absolute atomic E-state index is 13.7. The van der Waals surface area contributed by atoms with Crippen molar-refractivity contribution in [2.24, 2.45) is 0 Å². The van der Waals surface area contributed by atoms with Gasteiger partial charge in [-0.15, -0.1) is 26.3 Å². The number of hydrogen-bond donors (Lipinski definition) is 2. The summed E-state index contributed by atoms with van der Waals surface area (Å²) in [6, 6.07) is 12.7. The van der Waals surface area contributed by atoms with Crippen LogP contribution in [0.15, 0.2) is 101 Å². The van der Waals surface area contributed by atoms with Crippen molar-refractivity contribution < 1.29 is 65.8 Å². The van der Waals surface area contributed by atoms with Gasteiger partial charge < -0.3 is 9.47 Å². The van der Waals surface area contributed by atoms with Crippen LogP contribution >= 0.6 is 0 Å². The van der Waals surface area contributed by atoms with Crippen LogP contribution in [0.1, 0.15) is 5.56 Å². The molecule has 46 heavy (non-hydrogen) atoms. The Kier molecular flexibility index (Phi) is 9.13. The predicted octanol–water partition coefficient (Wildman–Crippen LogP) is 7.77. The summed E-state index contributed by atoms with van der Waals surface area (Å²) < 4.78 is 180. The highest BCUT2D eigenvalue weighted by Crippen LogP contribution is 2.40. The molecule has 0 spiro atoms. The molecule has 0 aliphatic rings. The second-order valence-electron chi connectivity index (χ2n) is 9.05. The first kappa shape index (κ1) is 34.2. The molecule has 0 fully saturated rings. The zero-order valence-corrected chi connectivity index (χ0v) is 24.0. The van der Waals surface area contributed by atoms with Gasteiger partial charge in [0.1, 0.15) is 11.5 Å². The third kappa shape index (κ3) is 8.75. The lowest BCUT2D eigenvalue weighted by molar-refractivity contribution is -0.275. The van der Waals surface area contributed by atoms with E-state index in [0.29, 0.717) is 24.3 Å². The number of benzene rings is 4. The maximum Gasteiger partial charge on any atom is 0.573 e. The minimum atomic E-state index is -5.08. The van der Waals surface area contributed by atoms with Gasteiger partial charge in [-0.05, 0) is 77.9 Å². The molecule has 4 aromatic carbocycles. The van der Waals surface area contributed by atoms with Gasteiger partial charge in [0.05, 0.1) is 26.7 Å². The van der Waals surface area contributed by atoms with E-state index in [1.807, 2.05) is 9.44 Å². The molecule has 0 unspecified atom stereocenters. The lowest BCUT2D eigenvalue weighted by atomic mass is 9.98. The van der Waals surface area contributed by atoms with Crippen LogP contribution in [0.2, 0.25) is 0 Å². The Bertz CT molecular complexity index is 1930. The summed E-state index contributed by atoms with van der Waals surface area (Å²) in [4.78, 5) is -1.25. The van der Waals surface area contributed by atoms with E-state index in [9.17, 15) is 56.3 Å². The van der Waals surface area contributed by atoms with Crippen LogP contribution < -0.4 is 18.9 Å². The van der Waals surface area contributed by atoms with Gasteiger partial charge in [-0.2, -0.15) is 13.2 Å². The summed E-state index contributed by atoms with van der Waals surface area (Å²) in [6.07, 6.45) is -15.0. The molecule has 0 saturated heterocycles. The van der Waals surface area contributed by atoms with E-state index in [-0.39, 0.29) is 5.56 Å². The number of sulfonamides is 2. The monoisotopic (exact) mass is 700 g/mol. The van der Waals surface area contributed by atoms with Crippen molar-refractivity contribution >= 4 is 31.4 Å². The van der Waals surface area contributed by atoms with Gasteiger partial charge in [0.2, 0.25) is 0 Å². The fraction of sp³-hybridized carbons (Fsp3) is 0.111. The van der Waals surface area contributed by atoms with Gasteiger partial charge in [0.25, 0.3) is 20.0 Å². The van der Waals surface area contributed by atoms with Crippen molar-refractivity contribution in [3.05, 3.63) is 96.6 Å². The first-order valence-corrected chi connectivity index (χ1v) is 15.2. The third-order valence-corrected chi connectivity index (χ3v) is 8.55. The smallest absolute Gasteiger partial charge is 0.406 e. The summed E-state index contributed by atoms with van der Waals surface area (Å²) in [5, 5.41) is 0. The molecule has 0 aliphatic carbocycles. The summed E-state index contributed by atoms with van der Waals surface area (Å²) in [6.45, 7) is 0. The van der Waals surface area contributed by atoms with E-state index in [2.05, 4.69) is 9.47 Å². The van der Waals surface area contributed by atoms with E-state index in [0.717, 1.165) is 60.7 Å². The molecule has 246 valence electrons. The fourth-order valence-corrected chi connectivity index (χ4v) is 6.07. The van der Waals surface area contributed by atoms with E-state index in [4.69, 9.17) is 0 Å². The van der Waals surface area contributed by atoms with Crippen LogP contribution in [0.5, 0.6) is 11.5 Å². The van der Waals surface area contributed by atoms with Gasteiger partial charge in [-0.1, -0.05) is 24.3 Å². The first-order valence-electron chi connectivity index (χ1n) is 12.2. The summed E-state index contributed by atoms with van der Waals surface area (Å²) in [5.41, 5.74) is -2.91. The van der Waals surface area contributed by atoms with Crippen LogP contribution in [-0.2, 0) is 26.2 Å². The molecule has 0 heterocycles. The van der Waals surface area contributed by atoms with Crippen molar-refractivity contribution in [1.29, 1.82) is 0 Å². The second-order valence-corrected chi connectivity index (χ2v) is 12.4. The quantitative estimate of drug-likeness (QED) is 0.173. The van der Waals surface area contributed by atoms with Crippen molar-refractivity contribution in [2.45, 2.75) is 28.7 Å². The molecular weight excluding hydrogens is 683 g/mol. The highest BCUT2D eigenvalue weighted by atomic mass is 32.2. The largest absolute Gasteiger partial charge is 0.573 e. The number of hydrogen-bond acceptors (Lipinski definition) is 6. The predicted molar refractivity (Wildman–Crippen MR) is 145 cm³/mol. The van der Waals surface area contributed by atoms with E-state index in [1.165, 1.54) is 6.07 Å². The van der Waals surface area contributed by atoms with Gasteiger partial charge >= 0.3 is 18.9 Å². The number of nitrogens with one attached hydrogen (secondary N) is 2. The summed E-state index contributed by atoms with van der Waals surface area (Å²) >= 11 is 0. The van der Waals surface area contributed by atoms with E-state index < -0.39 is 82.7 Å². The molecule has 0 atom stereocenters. The highest BCUT2D eigenvalue weighted by molar-refractivity contribution is 7.93. The molecule has 0 aromatic heterocycles. The van der Waals surface area contributed by atoms with Gasteiger partial charge in [0, 0.05) is 0 Å². The fourth-order valence-electron chi connectivity index (χ4n) is 3.92. The molecule has 4 rings (SSSR count). The molecule has 0 radical (unpaired) electrons. The molecule has 0 bridgehead atoms. The van der Waals surface area contributed by atoms with Crippen molar-refractivity contribution in [3.63, 3.8) is 0 Å². The van der Waals surface area contributed by atoms with E-state index >= 15 is 0 Å². The minimum Gasteiger partial charge on any atom is -0.406 e. The number of rotatable bonds is 9. The first-order chi connectivity index (χ1) is 21.1. The summed E-state index contributed by atoms with van der Waals surface area (Å²) in [5.74, 6) is -1.52. The Morgan fingerprint density at radius 3 is 1.39 bits per heavy atom. The average Bonchev–Trinajstić information content (AvgIpc) is 2.92. The lowest BCUT2D eigenvalue weighted by Crippen LogP contribution is -2.19. The third-order valence-electron chi connectivity index (χ3n) is 5.79. The Morgan fingerprint density at radius 2 is 0.957 bits per heavy atom. The summed E-state index contributed by atoms with van der Waals surface area (Å²) in [7, 11) is -9.42. The Hall–Kier alpha value is -4.65. The Labute approximate surface area is 254 Å². The maximum atomic E-state index is 13.7.